The number of hydrogen-bond donors (Lipinski definition) is 3. The predicted molar refractivity (Wildman–Crippen MR) is 87.0 cm³/mol. The predicted octanol–water partition coefficient (Wildman–Crippen LogP) is 3.85. The first kappa shape index (κ1) is 16.1. The van der Waals surface area contributed by atoms with Crippen molar-refractivity contribution in [3.63, 3.8) is 0 Å². The fraction of sp³-hybridized carbons (Fsp3) is 1.00. The van der Waals surface area contributed by atoms with Gasteiger partial charge in [0.1, 0.15) is 0 Å². The molecule has 1 atom stereocenters. The average molecular weight is 307 g/mol. The molecule has 0 amide bonds. The molecule has 0 aromatic heterocycles. The summed E-state index contributed by atoms with van der Waals surface area (Å²) in [4.78, 5) is 0. The van der Waals surface area contributed by atoms with E-state index in [0.29, 0.717) is 4.58 Å². The van der Waals surface area contributed by atoms with E-state index < -0.39 is 0 Å². The number of rotatable bonds is 9. The van der Waals surface area contributed by atoms with E-state index in [0.717, 1.165) is 16.1 Å². The van der Waals surface area contributed by atoms with Gasteiger partial charge >= 0.3 is 0 Å². The van der Waals surface area contributed by atoms with Crippen molar-refractivity contribution in [1.29, 1.82) is 0 Å². The van der Waals surface area contributed by atoms with Crippen LogP contribution < -0.4 is 0 Å². The molecule has 0 aromatic carbocycles. The van der Waals surface area contributed by atoms with Gasteiger partial charge in [0.15, 0.2) is 0 Å². The number of thiol groups is 3. The lowest BCUT2D eigenvalue weighted by molar-refractivity contribution is 0.643. The Kier molecular flexibility index (Phi) is 13.3. The largest absolute Gasteiger partial charge is 0.168 e. The Morgan fingerprint density at radius 3 is 1.93 bits per heavy atom. The van der Waals surface area contributed by atoms with Gasteiger partial charge in [-0.3, -0.25) is 0 Å². The van der Waals surface area contributed by atoms with Gasteiger partial charge in [-0.05, 0) is 30.1 Å². The summed E-state index contributed by atoms with van der Waals surface area (Å²) < 4.78 is 0.473. The van der Waals surface area contributed by atoms with E-state index in [1.54, 1.807) is 0 Å². The third kappa shape index (κ3) is 9.33. The summed E-state index contributed by atoms with van der Waals surface area (Å²) in [6, 6.07) is 0. The lowest BCUT2D eigenvalue weighted by Gasteiger charge is -2.18. The Morgan fingerprint density at radius 1 is 1.07 bits per heavy atom. The normalized spacial score (nSPS) is 13.5. The minimum absolute atomic E-state index is 0.473. The van der Waals surface area contributed by atoms with Crippen LogP contribution in [0.1, 0.15) is 6.42 Å². The first-order valence-corrected chi connectivity index (χ1v) is 9.70. The van der Waals surface area contributed by atoms with E-state index in [1.165, 1.54) is 17.9 Å². The van der Waals surface area contributed by atoms with Gasteiger partial charge in [0, 0.05) is 14.8 Å². The number of hydrogen-bond acceptors (Lipinski definition) is 6. The Morgan fingerprint density at radius 2 is 1.57 bits per heavy atom. The van der Waals surface area contributed by atoms with Gasteiger partial charge in [0.25, 0.3) is 0 Å². The van der Waals surface area contributed by atoms with Crippen molar-refractivity contribution in [2.45, 2.75) is 11.0 Å². The molecule has 86 valence electrons. The molecule has 0 aliphatic heterocycles. The monoisotopic (exact) mass is 306 g/mol. The fourth-order valence-corrected chi connectivity index (χ4v) is 3.93. The summed E-state index contributed by atoms with van der Waals surface area (Å²) in [6.07, 6.45) is 3.30. The molecule has 0 aromatic rings. The van der Waals surface area contributed by atoms with Crippen LogP contribution in [-0.4, -0.2) is 32.5 Å². The summed E-state index contributed by atoms with van der Waals surface area (Å²) >= 11 is 18.6. The first-order valence-electron chi connectivity index (χ1n) is 4.32. The minimum Gasteiger partial charge on any atom is -0.168 e. The molecule has 0 aliphatic rings. The second-order valence-corrected chi connectivity index (χ2v) is 8.35. The van der Waals surface area contributed by atoms with E-state index in [9.17, 15) is 0 Å². The zero-order chi connectivity index (χ0) is 10.8. The summed E-state index contributed by atoms with van der Waals surface area (Å²) in [6.45, 7) is 0. The molecule has 0 fully saturated rings. The van der Waals surface area contributed by atoms with E-state index in [4.69, 9.17) is 0 Å². The molecule has 0 spiro atoms. The van der Waals surface area contributed by atoms with E-state index in [2.05, 4.69) is 44.1 Å². The molecule has 0 radical (unpaired) electrons. The first-order chi connectivity index (χ1) is 6.74. The summed E-state index contributed by atoms with van der Waals surface area (Å²) in [5.41, 5.74) is 0. The van der Waals surface area contributed by atoms with Gasteiger partial charge in [0.2, 0.25) is 0 Å². The van der Waals surface area contributed by atoms with Crippen molar-refractivity contribution in [3.05, 3.63) is 0 Å². The Bertz CT molecular complexity index is 112. The molecule has 6 heteroatoms. The van der Waals surface area contributed by atoms with Crippen LogP contribution in [0.4, 0.5) is 0 Å². The lowest BCUT2D eigenvalue weighted by Crippen LogP contribution is -2.12. The zero-order valence-electron chi connectivity index (χ0n) is 8.26. The van der Waals surface area contributed by atoms with Crippen LogP contribution in [0.2, 0.25) is 0 Å². The SMILES string of the molecule is CSC(S)CC(CSCS)CSCS. The maximum absolute atomic E-state index is 4.52. The van der Waals surface area contributed by atoms with Gasteiger partial charge in [-0.2, -0.15) is 73.2 Å². The molecule has 0 heterocycles. The maximum atomic E-state index is 4.52. The van der Waals surface area contributed by atoms with Crippen molar-refractivity contribution in [3.8, 4) is 0 Å². The Balaban J connectivity index is 3.71. The maximum Gasteiger partial charge on any atom is 0.0472 e. The zero-order valence-corrected chi connectivity index (χ0v) is 13.4. The van der Waals surface area contributed by atoms with Gasteiger partial charge in [-0.25, -0.2) is 0 Å². The van der Waals surface area contributed by atoms with Crippen LogP contribution in [0.3, 0.4) is 0 Å². The highest BCUT2D eigenvalue weighted by molar-refractivity contribution is 8.10. The molecular formula is C8H18S6. The molecule has 0 aliphatic carbocycles. The molecule has 14 heavy (non-hydrogen) atoms. The van der Waals surface area contributed by atoms with Gasteiger partial charge in [0.05, 0.1) is 0 Å². The molecule has 1 unspecified atom stereocenters. The highest BCUT2D eigenvalue weighted by Gasteiger charge is 2.13. The Labute approximate surface area is 117 Å². The molecule has 0 saturated carbocycles. The Hall–Kier alpha value is 2.10. The van der Waals surface area contributed by atoms with E-state index in [1.807, 2.05) is 35.3 Å². The van der Waals surface area contributed by atoms with Crippen molar-refractivity contribution >= 4 is 73.2 Å². The van der Waals surface area contributed by atoms with Crippen LogP contribution in [0, 0.1) is 5.92 Å². The molecule has 0 nitrogen and oxygen atoms in total. The lowest BCUT2D eigenvalue weighted by atomic mass is 10.1. The van der Waals surface area contributed by atoms with Crippen molar-refractivity contribution in [1.82, 2.24) is 0 Å². The van der Waals surface area contributed by atoms with Crippen LogP contribution in [-0.2, 0) is 0 Å². The quantitative estimate of drug-likeness (QED) is 0.437. The van der Waals surface area contributed by atoms with Crippen LogP contribution in [0.15, 0.2) is 0 Å². The van der Waals surface area contributed by atoms with Crippen LogP contribution >= 0.6 is 73.2 Å². The third-order valence-electron chi connectivity index (χ3n) is 1.70. The van der Waals surface area contributed by atoms with Gasteiger partial charge in [-0.15, -0.1) is 0 Å². The fourth-order valence-electron chi connectivity index (χ4n) is 1.00. The topological polar surface area (TPSA) is 0 Å². The van der Waals surface area contributed by atoms with E-state index >= 15 is 0 Å². The smallest absolute Gasteiger partial charge is 0.0472 e. The second-order valence-electron chi connectivity index (χ2n) is 2.79. The van der Waals surface area contributed by atoms with Crippen molar-refractivity contribution in [2.75, 3.05) is 27.9 Å². The summed E-state index contributed by atoms with van der Waals surface area (Å²) in [7, 11) is 0. The molecule has 0 N–H and O–H groups in total. The second kappa shape index (κ2) is 11.6. The minimum atomic E-state index is 0.473. The van der Waals surface area contributed by atoms with Crippen LogP contribution in [0.5, 0.6) is 0 Å². The average Bonchev–Trinajstić information content (AvgIpc) is 2.21. The van der Waals surface area contributed by atoms with Crippen molar-refractivity contribution in [2.24, 2.45) is 5.92 Å². The summed E-state index contributed by atoms with van der Waals surface area (Å²) in [5, 5.41) is 1.83. The summed E-state index contributed by atoms with van der Waals surface area (Å²) in [5.74, 6) is 3.14. The number of thioether (sulfide) groups is 3. The highest BCUT2D eigenvalue weighted by atomic mass is 32.2. The molecule has 0 bridgehead atoms. The standard InChI is InChI=1S/C8H18S6/c1-12-8(11)2-7(3-13-5-9)4-14-6-10/h7-11H,2-6H2,1H3. The van der Waals surface area contributed by atoms with Gasteiger partial charge < -0.3 is 0 Å². The van der Waals surface area contributed by atoms with Crippen molar-refractivity contribution < 1.29 is 0 Å². The molecular weight excluding hydrogens is 288 g/mol. The third-order valence-corrected chi connectivity index (χ3v) is 6.15. The van der Waals surface area contributed by atoms with E-state index in [-0.39, 0.29) is 0 Å². The van der Waals surface area contributed by atoms with Crippen LogP contribution in [0.25, 0.3) is 0 Å². The highest BCUT2D eigenvalue weighted by Crippen LogP contribution is 2.26. The molecule has 0 saturated heterocycles. The van der Waals surface area contributed by atoms with Gasteiger partial charge in [-0.1, -0.05) is 0 Å². The molecule has 0 rings (SSSR count).